The van der Waals surface area contributed by atoms with Crippen LogP contribution < -0.4 is 0 Å². The predicted molar refractivity (Wildman–Crippen MR) is 100 cm³/mol. The van der Waals surface area contributed by atoms with Gasteiger partial charge in [0.25, 0.3) is 5.91 Å². The Labute approximate surface area is 158 Å². The van der Waals surface area contributed by atoms with E-state index in [-0.39, 0.29) is 17.6 Å². The molecule has 0 saturated carbocycles. The molecule has 0 radical (unpaired) electrons. The molecule has 1 atom stereocenters. The number of nitrogens with zero attached hydrogens (tertiary/aromatic N) is 4. The van der Waals surface area contributed by atoms with Crippen LogP contribution in [0.5, 0.6) is 0 Å². The van der Waals surface area contributed by atoms with Gasteiger partial charge in [-0.2, -0.15) is 0 Å². The monoisotopic (exact) mass is 388 g/mol. The Morgan fingerprint density at radius 1 is 1.31 bits per heavy atom. The lowest BCUT2D eigenvalue weighted by Crippen LogP contribution is -2.39. The summed E-state index contributed by atoms with van der Waals surface area (Å²) in [6.07, 6.45) is 1.86. The molecule has 3 aromatic rings. The van der Waals surface area contributed by atoms with Gasteiger partial charge in [0.2, 0.25) is 0 Å². The topological polar surface area (TPSA) is 59.0 Å². The Bertz CT molecular complexity index is 939. The van der Waals surface area contributed by atoms with Crippen LogP contribution in [0, 0.1) is 12.7 Å². The molecule has 1 saturated heterocycles. The van der Waals surface area contributed by atoms with Crippen LogP contribution in [0.3, 0.4) is 0 Å². The van der Waals surface area contributed by atoms with Gasteiger partial charge in [0.15, 0.2) is 5.01 Å². The van der Waals surface area contributed by atoms with E-state index >= 15 is 0 Å². The molecule has 134 valence electrons. The summed E-state index contributed by atoms with van der Waals surface area (Å²) >= 11 is 2.89. The molecule has 3 heterocycles. The fourth-order valence-electron chi connectivity index (χ4n) is 3.13. The van der Waals surface area contributed by atoms with Gasteiger partial charge in [0, 0.05) is 30.0 Å². The summed E-state index contributed by atoms with van der Waals surface area (Å²) in [6, 6.07) is 6.58. The largest absolute Gasteiger partial charge is 0.337 e. The maximum Gasteiger partial charge on any atom is 0.273 e. The fraction of sp³-hybridized carbons (Fsp3) is 0.333. The van der Waals surface area contributed by atoms with Crippen molar-refractivity contribution in [3.8, 4) is 10.6 Å². The van der Waals surface area contributed by atoms with Crippen LogP contribution in [0.1, 0.15) is 39.3 Å². The number of amides is 1. The van der Waals surface area contributed by atoms with Crippen LogP contribution in [0.4, 0.5) is 4.39 Å². The summed E-state index contributed by atoms with van der Waals surface area (Å²) < 4.78 is 14.0. The molecular weight excluding hydrogens is 371 g/mol. The lowest BCUT2D eigenvalue weighted by Gasteiger charge is -2.31. The Morgan fingerprint density at radius 3 is 2.92 bits per heavy atom. The summed E-state index contributed by atoms with van der Waals surface area (Å²) in [5.41, 5.74) is 0.982. The van der Waals surface area contributed by atoms with Crippen molar-refractivity contribution in [2.45, 2.75) is 25.7 Å². The van der Waals surface area contributed by atoms with Gasteiger partial charge >= 0.3 is 0 Å². The summed E-state index contributed by atoms with van der Waals surface area (Å²) in [5.74, 6) is -0.196. The van der Waals surface area contributed by atoms with E-state index < -0.39 is 0 Å². The lowest BCUT2D eigenvalue weighted by molar-refractivity contribution is 0.0701. The van der Waals surface area contributed by atoms with Crippen molar-refractivity contribution in [1.29, 1.82) is 0 Å². The first kappa shape index (κ1) is 17.2. The normalized spacial score (nSPS) is 17.5. The van der Waals surface area contributed by atoms with Gasteiger partial charge in [0.05, 0.1) is 5.01 Å². The summed E-state index contributed by atoms with van der Waals surface area (Å²) in [4.78, 5) is 18.8. The van der Waals surface area contributed by atoms with E-state index in [2.05, 4.69) is 15.2 Å². The number of carbonyl (C=O) groups excluding carboxylic acids is 1. The summed E-state index contributed by atoms with van der Waals surface area (Å²) in [6.45, 7) is 3.22. The number of thiazole rings is 1. The third-order valence-corrected chi connectivity index (χ3v) is 6.33. The van der Waals surface area contributed by atoms with Gasteiger partial charge in [-0.1, -0.05) is 23.5 Å². The number of rotatable bonds is 3. The average Bonchev–Trinajstić information content (AvgIpc) is 3.31. The van der Waals surface area contributed by atoms with Gasteiger partial charge in [-0.15, -0.1) is 21.5 Å². The maximum atomic E-state index is 14.0. The predicted octanol–water partition coefficient (Wildman–Crippen LogP) is 4.13. The molecule has 0 spiro atoms. The lowest BCUT2D eigenvalue weighted by atomic mass is 9.98. The molecule has 0 N–H and O–H groups in total. The number of benzene rings is 1. The van der Waals surface area contributed by atoms with Gasteiger partial charge in [-0.05, 0) is 31.9 Å². The third-order valence-electron chi connectivity index (χ3n) is 4.44. The summed E-state index contributed by atoms with van der Waals surface area (Å²) in [5, 5.41) is 12.6. The van der Waals surface area contributed by atoms with Crippen molar-refractivity contribution in [3.05, 3.63) is 51.2 Å². The Hall–Kier alpha value is -2.19. The number of aromatic nitrogens is 3. The molecule has 0 unspecified atom stereocenters. The van der Waals surface area contributed by atoms with Gasteiger partial charge in [-0.25, -0.2) is 9.37 Å². The van der Waals surface area contributed by atoms with E-state index in [4.69, 9.17) is 0 Å². The van der Waals surface area contributed by atoms with Gasteiger partial charge < -0.3 is 4.90 Å². The van der Waals surface area contributed by atoms with Crippen LogP contribution in [0.25, 0.3) is 10.6 Å². The second kappa shape index (κ2) is 7.20. The van der Waals surface area contributed by atoms with Gasteiger partial charge in [-0.3, -0.25) is 4.79 Å². The minimum Gasteiger partial charge on any atom is -0.337 e. The van der Waals surface area contributed by atoms with Crippen molar-refractivity contribution < 1.29 is 9.18 Å². The highest BCUT2D eigenvalue weighted by molar-refractivity contribution is 7.14. The quantitative estimate of drug-likeness (QED) is 0.677. The molecule has 1 aromatic carbocycles. The van der Waals surface area contributed by atoms with Crippen molar-refractivity contribution in [3.63, 3.8) is 0 Å². The molecule has 2 aromatic heterocycles. The molecule has 5 nitrogen and oxygen atoms in total. The SMILES string of the molecule is Cc1nc(C(=O)N2CCC[C@@H](c3nnc(-c4ccccc4F)s3)C2)cs1. The molecule has 1 fully saturated rings. The minimum atomic E-state index is -0.297. The van der Waals surface area contributed by atoms with Crippen LogP contribution in [0.2, 0.25) is 0 Å². The van der Waals surface area contributed by atoms with Crippen LogP contribution >= 0.6 is 22.7 Å². The van der Waals surface area contributed by atoms with E-state index in [9.17, 15) is 9.18 Å². The van der Waals surface area contributed by atoms with Crippen molar-refractivity contribution in [2.24, 2.45) is 0 Å². The number of hydrogen-bond acceptors (Lipinski definition) is 6. The number of piperidine rings is 1. The summed E-state index contributed by atoms with van der Waals surface area (Å²) in [7, 11) is 0. The Morgan fingerprint density at radius 2 is 2.15 bits per heavy atom. The first-order valence-electron chi connectivity index (χ1n) is 8.41. The molecule has 26 heavy (non-hydrogen) atoms. The standard InChI is InChI=1S/C18H17FN4OS2/c1-11-20-15(10-25-11)18(24)23-8-4-5-12(9-23)16-21-22-17(26-16)13-6-2-3-7-14(13)19/h2-3,6-7,10,12H,4-5,8-9H2,1H3/t12-/m1/s1. The third kappa shape index (κ3) is 3.39. The maximum absolute atomic E-state index is 14.0. The van der Waals surface area contributed by atoms with E-state index in [1.165, 1.54) is 28.7 Å². The molecule has 4 rings (SSSR count). The smallest absolute Gasteiger partial charge is 0.273 e. The van der Waals surface area contributed by atoms with E-state index in [0.717, 1.165) is 29.4 Å². The fourth-order valence-corrected chi connectivity index (χ4v) is 4.71. The zero-order valence-corrected chi connectivity index (χ0v) is 15.8. The van der Waals surface area contributed by atoms with Crippen molar-refractivity contribution in [1.82, 2.24) is 20.1 Å². The van der Waals surface area contributed by atoms with Crippen molar-refractivity contribution in [2.75, 3.05) is 13.1 Å². The van der Waals surface area contributed by atoms with Crippen molar-refractivity contribution >= 4 is 28.6 Å². The highest BCUT2D eigenvalue weighted by atomic mass is 32.1. The highest BCUT2D eigenvalue weighted by Gasteiger charge is 2.29. The molecule has 0 bridgehead atoms. The molecule has 0 aliphatic carbocycles. The molecule has 1 aliphatic heterocycles. The first-order chi connectivity index (χ1) is 12.6. The number of carbonyl (C=O) groups is 1. The average molecular weight is 388 g/mol. The van der Waals surface area contributed by atoms with Crippen LogP contribution in [-0.2, 0) is 0 Å². The molecular formula is C18H17FN4OS2. The zero-order valence-electron chi connectivity index (χ0n) is 14.2. The second-order valence-corrected chi connectivity index (χ2v) is 8.34. The Balaban J connectivity index is 1.52. The van der Waals surface area contributed by atoms with Crippen LogP contribution in [-0.4, -0.2) is 39.1 Å². The number of aryl methyl sites for hydroxylation is 1. The minimum absolute atomic E-state index is 0.0297. The Kier molecular flexibility index (Phi) is 4.78. The van der Waals surface area contributed by atoms with Gasteiger partial charge in [0.1, 0.15) is 16.5 Å². The number of halogens is 1. The second-order valence-electron chi connectivity index (χ2n) is 6.27. The van der Waals surface area contributed by atoms with E-state index in [1.54, 1.807) is 18.2 Å². The zero-order chi connectivity index (χ0) is 18.1. The number of likely N-dealkylation sites (tertiary alicyclic amines) is 1. The van der Waals surface area contributed by atoms with E-state index in [0.29, 0.717) is 22.8 Å². The van der Waals surface area contributed by atoms with E-state index in [1.807, 2.05) is 17.2 Å². The van der Waals surface area contributed by atoms with Crippen LogP contribution in [0.15, 0.2) is 29.6 Å². The molecule has 1 amide bonds. The number of hydrogen-bond donors (Lipinski definition) is 0. The highest BCUT2D eigenvalue weighted by Crippen LogP contribution is 2.33. The molecule has 8 heteroatoms. The first-order valence-corrected chi connectivity index (χ1v) is 10.1. The molecule has 1 aliphatic rings.